The molecule has 2 aromatic rings. The Morgan fingerprint density at radius 1 is 1.33 bits per heavy atom. The van der Waals surface area contributed by atoms with Crippen LogP contribution in [0.5, 0.6) is 0 Å². The summed E-state index contributed by atoms with van der Waals surface area (Å²) in [5.41, 5.74) is 17.0. The number of nitrogen functional groups attached to an aromatic ring is 2. The molecule has 10 heteroatoms. The zero-order valence-electron chi connectivity index (χ0n) is 14.8. The summed E-state index contributed by atoms with van der Waals surface area (Å²) in [5, 5.41) is 1.03. The molecule has 1 aliphatic rings. The monoisotopic (exact) mass is 408 g/mol. The molecule has 1 saturated heterocycles. The number of halogens is 1. The number of anilines is 3. The van der Waals surface area contributed by atoms with E-state index in [1.807, 2.05) is 19.1 Å². The number of carbonyl (C=O) groups is 1. The van der Waals surface area contributed by atoms with Gasteiger partial charge in [0.1, 0.15) is 16.4 Å². The molecular weight excluding hydrogens is 388 g/mol. The van der Waals surface area contributed by atoms with Gasteiger partial charge in [-0.25, -0.2) is 14.8 Å². The minimum atomic E-state index is -0.753. The van der Waals surface area contributed by atoms with Gasteiger partial charge in [0.05, 0.1) is 16.9 Å². The van der Waals surface area contributed by atoms with Crippen LogP contribution in [0.25, 0.3) is 0 Å². The first-order chi connectivity index (χ1) is 12.8. The first-order valence-corrected chi connectivity index (χ1v) is 9.54. The molecule has 0 unspecified atom stereocenters. The van der Waals surface area contributed by atoms with E-state index in [1.165, 1.54) is 11.8 Å². The molecule has 2 heterocycles. The Balaban J connectivity index is 1.70. The van der Waals surface area contributed by atoms with Crippen LogP contribution in [0.4, 0.5) is 22.1 Å². The number of nitrogens with two attached hydrogens (primary N) is 3. The highest BCUT2D eigenvalue weighted by atomic mass is 35.5. The number of piperidine rings is 1. The van der Waals surface area contributed by atoms with Crippen molar-refractivity contribution < 1.29 is 9.53 Å². The number of ether oxygens (including phenoxy) is 1. The van der Waals surface area contributed by atoms with Gasteiger partial charge in [-0.2, -0.15) is 0 Å². The molecule has 8 nitrogen and oxygen atoms in total. The highest BCUT2D eigenvalue weighted by Crippen LogP contribution is 2.37. The smallest absolute Gasteiger partial charge is 0.405 e. The fraction of sp³-hybridized carbons (Fsp3) is 0.353. The summed E-state index contributed by atoms with van der Waals surface area (Å²) < 4.78 is 5.22. The molecule has 1 fully saturated rings. The molecular formula is C17H21ClN6O2S. The maximum Gasteiger partial charge on any atom is 0.405 e. The minimum Gasteiger partial charge on any atom is -0.443 e. The third-order valence-corrected chi connectivity index (χ3v) is 6.05. The molecule has 6 N–H and O–H groups in total. The standard InChI is InChI=1S/C17H21ClN6O2S/c1-17(26-16(21)25)5-7-24(8-6-17)12-9-22-15(14(20)23-12)27-11-4-2-3-10(19)13(11)18/h2-4,9H,5-8,19H2,1H3,(H2,20,23)(H2,21,25). The van der Waals surface area contributed by atoms with E-state index in [-0.39, 0.29) is 0 Å². The number of carbonyl (C=O) groups excluding carboxylic acids is 1. The van der Waals surface area contributed by atoms with Crippen molar-refractivity contribution in [3.8, 4) is 0 Å². The highest BCUT2D eigenvalue weighted by Gasteiger charge is 2.33. The summed E-state index contributed by atoms with van der Waals surface area (Å²) in [6, 6.07) is 5.40. The van der Waals surface area contributed by atoms with Crippen LogP contribution < -0.4 is 22.1 Å². The number of aromatic nitrogens is 2. The molecule has 1 aliphatic heterocycles. The van der Waals surface area contributed by atoms with Gasteiger partial charge in [0.25, 0.3) is 0 Å². The molecule has 1 aromatic carbocycles. The van der Waals surface area contributed by atoms with Crippen LogP contribution in [-0.4, -0.2) is 34.8 Å². The lowest BCUT2D eigenvalue weighted by molar-refractivity contribution is 0.0126. The predicted molar refractivity (Wildman–Crippen MR) is 107 cm³/mol. The van der Waals surface area contributed by atoms with Crippen molar-refractivity contribution in [1.82, 2.24) is 9.97 Å². The van der Waals surface area contributed by atoms with Crippen LogP contribution in [0.1, 0.15) is 19.8 Å². The van der Waals surface area contributed by atoms with Crippen LogP contribution in [0.2, 0.25) is 5.02 Å². The fourth-order valence-corrected chi connectivity index (χ4v) is 3.94. The lowest BCUT2D eigenvalue weighted by Gasteiger charge is -2.38. The Labute approximate surface area is 166 Å². The van der Waals surface area contributed by atoms with Crippen molar-refractivity contribution in [2.45, 2.75) is 35.3 Å². The number of nitrogens with zero attached hydrogens (tertiary/aromatic N) is 3. The summed E-state index contributed by atoms with van der Waals surface area (Å²) in [5.74, 6) is 0.995. The van der Waals surface area contributed by atoms with E-state index >= 15 is 0 Å². The molecule has 1 amide bonds. The van der Waals surface area contributed by atoms with Gasteiger partial charge >= 0.3 is 6.09 Å². The number of rotatable bonds is 4. The van der Waals surface area contributed by atoms with Crippen LogP contribution in [0, 0.1) is 0 Å². The van der Waals surface area contributed by atoms with Gasteiger partial charge in [0.2, 0.25) is 0 Å². The van der Waals surface area contributed by atoms with Gasteiger partial charge in [-0.15, -0.1) is 0 Å². The topological polar surface area (TPSA) is 133 Å². The van der Waals surface area contributed by atoms with E-state index in [1.54, 1.807) is 12.3 Å². The number of hydrogen-bond donors (Lipinski definition) is 3. The second kappa shape index (κ2) is 7.69. The van der Waals surface area contributed by atoms with Crippen molar-refractivity contribution in [3.05, 3.63) is 29.4 Å². The van der Waals surface area contributed by atoms with Gasteiger partial charge < -0.3 is 26.8 Å². The number of hydrogen-bond acceptors (Lipinski definition) is 8. The zero-order chi connectivity index (χ0) is 19.6. The normalized spacial score (nSPS) is 16.1. The Bertz CT molecular complexity index is 857. The lowest BCUT2D eigenvalue weighted by atomic mass is 9.93. The molecule has 0 aliphatic carbocycles. The molecule has 1 aromatic heterocycles. The molecule has 0 bridgehead atoms. The molecule has 144 valence electrons. The first kappa shape index (κ1) is 19.4. The second-order valence-electron chi connectivity index (χ2n) is 6.54. The van der Waals surface area contributed by atoms with Crippen molar-refractivity contribution in [3.63, 3.8) is 0 Å². The molecule has 0 saturated carbocycles. The van der Waals surface area contributed by atoms with Gasteiger partial charge in [-0.05, 0) is 19.1 Å². The Hall–Kier alpha value is -2.39. The van der Waals surface area contributed by atoms with Crippen molar-refractivity contribution in [2.24, 2.45) is 5.73 Å². The van der Waals surface area contributed by atoms with Crippen LogP contribution in [0.15, 0.2) is 34.3 Å². The van der Waals surface area contributed by atoms with Crippen LogP contribution in [-0.2, 0) is 4.74 Å². The van der Waals surface area contributed by atoms with Crippen molar-refractivity contribution in [1.29, 1.82) is 0 Å². The van der Waals surface area contributed by atoms with Gasteiger partial charge in [-0.3, -0.25) is 0 Å². The summed E-state index contributed by atoms with van der Waals surface area (Å²) in [6.07, 6.45) is 2.22. The van der Waals surface area contributed by atoms with Crippen molar-refractivity contribution >= 4 is 46.8 Å². The number of primary amides is 1. The van der Waals surface area contributed by atoms with E-state index in [9.17, 15) is 4.79 Å². The summed E-state index contributed by atoms with van der Waals surface area (Å²) >= 11 is 7.54. The highest BCUT2D eigenvalue weighted by molar-refractivity contribution is 7.99. The van der Waals surface area contributed by atoms with Gasteiger partial charge in [0, 0.05) is 30.8 Å². The molecule has 0 radical (unpaired) electrons. The van der Waals surface area contributed by atoms with Gasteiger partial charge in [-0.1, -0.05) is 29.4 Å². The maximum absolute atomic E-state index is 11.0. The summed E-state index contributed by atoms with van der Waals surface area (Å²) in [4.78, 5) is 22.7. The predicted octanol–water partition coefficient (Wildman–Crippen LogP) is 2.90. The summed E-state index contributed by atoms with van der Waals surface area (Å²) in [6.45, 7) is 3.20. The van der Waals surface area contributed by atoms with E-state index in [0.29, 0.717) is 53.3 Å². The third kappa shape index (κ3) is 4.48. The largest absolute Gasteiger partial charge is 0.443 e. The first-order valence-electron chi connectivity index (χ1n) is 8.35. The number of amides is 1. The van der Waals surface area contributed by atoms with E-state index in [4.69, 9.17) is 33.5 Å². The zero-order valence-corrected chi connectivity index (χ0v) is 16.4. The summed E-state index contributed by atoms with van der Waals surface area (Å²) in [7, 11) is 0. The van der Waals surface area contributed by atoms with Crippen LogP contribution in [0.3, 0.4) is 0 Å². The average molecular weight is 409 g/mol. The van der Waals surface area contributed by atoms with E-state index < -0.39 is 11.7 Å². The van der Waals surface area contributed by atoms with Crippen LogP contribution >= 0.6 is 23.4 Å². The quantitative estimate of drug-likeness (QED) is 0.657. The maximum atomic E-state index is 11.0. The van der Waals surface area contributed by atoms with E-state index in [0.717, 1.165) is 4.90 Å². The Morgan fingerprint density at radius 2 is 2.04 bits per heavy atom. The second-order valence-corrected chi connectivity index (χ2v) is 7.95. The SMILES string of the molecule is CC1(OC(N)=O)CCN(c2cnc(Sc3cccc(N)c3Cl)c(N)n2)CC1. The van der Waals surface area contributed by atoms with Crippen molar-refractivity contribution in [2.75, 3.05) is 29.5 Å². The molecule has 27 heavy (non-hydrogen) atoms. The van der Waals surface area contributed by atoms with Gasteiger partial charge in [0.15, 0.2) is 5.82 Å². The lowest BCUT2D eigenvalue weighted by Crippen LogP contribution is -2.46. The molecule has 0 atom stereocenters. The Morgan fingerprint density at radius 3 is 2.67 bits per heavy atom. The molecule has 0 spiro atoms. The average Bonchev–Trinajstić information content (AvgIpc) is 2.60. The third-order valence-electron chi connectivity index (χ3n) is 4.44. The number of benzene rings is 1. The fourth-order valence-electron chi connectivity index (χ4n) is 2.88. The Kier molecular flexibility index (Phi) is 5.52. The molecule has 3 rings (SSSR count). The van der Waals surface area contributed by atoms with E-state index in [2.05, 4.69) is 14.9 Å². The minimum absolute atomic E-state index is 0.317.